The van der Waals surface area contributed by atoms with E-state index in [-0.39, 0.29) is 29.5 Å². The van der Waals surface area contributed by atoms with Crippen molar-refractivity contribution in [1.82, 2.24) is 0 Å². The molecule has 0 amide bonds. The van der Waals surface area contributed by atoms with Crippen molar-refractivity contribution in [2.75, 3.05) is 26.4 Å². The van der Waals surface area contributed by atoms with E-state index in [0.717, 1.165) is 38.5 Å². The van der Waals surface area contributed by atoms with Crippen LogP contribution in [0.15, 0.2) is 11.6 Å². The summed E-state index contributed by atoms with van der Waals surface area (Å²) in [5, 5.41) is 137. The number of allylic oxidation sites excluding steroid dienone is 1. The van der Waals surface area contributed by atoms with Crippen LogP contribution in [0.4, 0.5) is 0 Å². The van der Waals surface area contributed by atoms with Gasteiger partial charge in [-0.15, -0.1) is 0 Å². The maximum absolute atomic E-state index is 12.1. The Hall–Kier alpha value is -1.18. The highest BCUT2D eigenvalue weighted by Gasteiger charge is 2.68. The van der Waals surface area contributed by atoms with Crippen LogP contribution in [0.25, 0.3) is 0 Å². The number of ether oxygens (including phenoxy) is 10. The van der Waals surface area contributed by atoms with Gasteiger partial charge in [0.25, 0.3) is 0 Å². The van der Waals surface area contributed by atoms with Crippen molar-refractivity contribution in [2.45, 2.75) is 238 Å². The number of hydrogen-bond acceptors (Lipinski definition) is 23. The number of fused-ring (bicyclic) bond motifs is 7. The fourth-order valence-electron chi connectivity index (χ4n) is 15.1. The third-order valence-electron chi connectivity index (χ3n) is 19.4. The normalized spacial score (nSPS) is 57.0. The molecule has 10 rings (SSSR count). The van der Waals surface area contributed by atoms with Crippen molar-refractivity contribution in [2.24, 2.45) is 34.5 Å². The third kappa shape index (κ3) is 9.61. The van der Waals surface area contributed by atoms with Crippen LogP contribution in [0.5, 0.6) is 0 Å². The highest BCUT2D eigenvalue weighted by molar-refractivity contribution is 5.26. The molecule has 0 bridgehead atoms. The molecule has 9 fully saturated rings. The molecule has 10 aliphatic rings. The van der Waals surface area contributed by atoms with Crippen molar-refractivity contribution in [3.05, 3.63) is 11.6 Å². The van der Waals surface area contributed by atoms with Gasteiger partial charge in [0.15, 0.2) is 30.9 Å². The molecule has 73 heavy (non-hydrogen) atoms. The molecule has 13 N–H and O–H groups in total. The van der Waals surface area contributed by atoms with Crippen LogP contribution in [0, 0.1) is 34.5 Å². The summed E-state index contributed by atoms with van der Waals surface area (Å²) in [6.07, 6.45) is -20.6. The lowest BCUT2D eigenvalue weighted by Gasteiger charge is -2.58. The van der Waals surface area contributed by atoms with Crippen LogP contribution in [0.2, 0.25) is 0 Å². The smallest absolute Gasteiger partial charge is 0.187 e. The standard InChI is InChI=1S/C50H80O23/c1-20-31(54)34(57)38(61)44(65-20)70-41-30(18-53)69-46(42(40(41)63)71-45-39(62)36(59)33(56)29(17-52)68-45)66-22-7-9-48(3)21(13-22)5-6-23-24(48)8-10-49(4)25(23)14-27-26(49)15-50(72-27)12-11-47(2,73-50)19-64-43-37(60)35(58)32(55)28(16-51)67-43/h5,20,22-46,51-63H,6-19H2,1-4H3/t20-,22?,23?,24?,25?,26?,27?,28+,29-,30+,31-,32+,33-,34+,35-,36+,37+,38+,39-,40-,41+,42+,43+,44?,45?,46?,47?,48?,49?,50-/m0/s1. The fraction of sp³-hybridized carbons (Fsp3) is 0.960. The van der Waals surface area contributed by atoms with Gasteiger partial charge in [-0.2, -0.15) is 0 Å². The Morgan fingerprint density at radius 3 is 1.85 bits per heavy atom. The first-order chi connectivity index (χ1) is 34.6. The van der Waals surface area contributed by atoms with Crippen molar-refractivity contribution in [1.29, 1.82) is 0 Å². The van der Waals surface area contributed by atoms with E-state index in [1.54, 1.807) is 0 Å². The lowest BCUT2D eigenvalue weighted by molar-refractivity contribution is -0.390. The average molecular weight is 1050 g/mol. The van der Waals surface area contributed by atoms with Crippen LogP contribution < -0.4 is 0 Å². The van der Waals surface area contributed by atoms with Gasteiger partial charge in [0.05, 0.1) is 50.3 Å². The number of hydrogen-bond donors (Lipinski definition) is 13. The van der Waals surface area contributed by atoms with E-state index in [1.807, 2.05) is 6.92 Å². The van der Waals surface area contributed by atoms with Gasteiger partial charge >= 0.3 is 0 Å². The monoisotopic (exact) mass is 1050 g/mol. The van der Waals surface area contributed by atoms with E-state index in [4.69, 9.17) is 47.4 Å². The van der Waals surface area contributed by atoms with Crippen LogP contribution in [-0.4, -0.2) is 239 Å². The first kappa shape index (κ1) is 55.1. The van der Waals surface area contributed by atoms with Crippen LogP contribution in [0.1, 0.15) is 91.9 Å². The van der Waals surface area contributed by atoms with E-state index in [0.29, 0.717) is 43.4 Å². The molecule has 6 saturated heterocycles. The summed E-state index contributed by atoms with van der Waals surface area (Å²) in [6, 6.07) is 0. The first-order valence-electron chi connectivity index (χ1n) is 26.5. The molecule has 1 spiro atoms. The molecule has 23 heteroatoms. The number of aliphatic hydroxyl groups excluding tert-OH is 13. The van der Waals surface area contributed by atoms with Gasteiger partial charge in [-0.05, 0) is 99.7 Å². The molecule has 418 valence electrons. The predicted molar refractivity (Wildman–Crippen MR) is 244 cm³/mol. The Kier molecular flexibility index (Phi) is 15.7. The van der Waals surface area contributed by atoms with E-state index < -0.39 is 160 Å². The van der Waals surface area contributed by atoms with Crippen molar-refractivity contribution in [3.63, 3.8) is 0 Å². The molecular weight excluding hydrogens is 969 g/mol. The molecule has 6 aliphatic heterocycles. The van der Waals surface area contributed by atoms with Crippen molar-refractivity contribution in [3.8, 4) is 0 Å². The second-order valence-corrected chi connectivity index (χ2v) is 23.8. The van der Waals surface area contributed by atoms with E-state index in [2.05, 4.69) is 19.9 Å². The molecular formula is C50H80O23. The van der Waals surface area contributed by atoms with Gasteiger partial charge in [-0.3, -0.25) is 0 Å². The van der Waals surface area contributed by atoms with Gasteiger partial charge in [-0.25, -0.2) is 0 Å². The Labute approximate surface area is 423 Å². The number of aliphatic hydroxyl groups is 13. The maximum Gasteiger partial charge on any atom is 0.187 e. The summed E-state index contributed by atoms with van der Waals surface area (Å²) >= 11 is 0. The highest BCUT2D eigenvalue weighted by atomic mass is 16.8. The van der Waals surface area contributed by atoms with Gasteiger partial charge in [0, 0.05) is 12.8 Å². The van der Waals surface area contributed by atoms with Gasteiger partial charge in [0.2, 0.25) is 0 Å². The molecule has 0 aromatic rings. The van der Waals surface area contributed by atoms with Crippen molar-refractivity contribution < 1.29 is 114 Å². The van der Waals surface area contributed by atoms with Crippen LogP contribution in [0.3, 0.4) is 0 Å². The predicted octanol–water partition coefficient (Wildman–Crippen LogP) is -3.09. The minimum absolute atomic E-state index is 0.0184. The van der Waals surface area contributed by atoms with E-state index in [1.165, 1.54) is 12.5 Å². The zero-order chi connectivity index (χ0) is 52.3. The third-order valence-corrected chi connectivity index (χ3v) is 19.4. The van der Waals surface area contributed by atoms with E-state index >= 15 is 0 Å². The SMILES string of the molecule is C[C@@H]1OC(O[C@H]2[C@H](O)[C@@H](OC3O[C@@H](CO)[C@H](O)[C@@H](O)[C@@H]3O)C(OC3CCC4(C)C(=CCC5C4CCC4(C)C6C[C@@]7(CCC(C)(CO[C@@H]8O[C@H](CO)[C@@H](O)[C@H](O)[C@H]8O)O7)OC6CC54)C3)O[C@@H]2CO)[C@H](O)[C@H](O)[C@H]1O. The fourth-order valence-corrected chi connectivity index (χ4v) is 15.1. The second-order valence-electron chi connectivity index (χ2n) is 23.8. The molecule has 0 aromatic carbocycles. The Morgan fingerprint density at radius 2 is 1.18 bits per heavy atom. The summed E-state index contributed by atoms with van der Waals surface area (Å²) < 4.78 is 61.7. The summed E-state index contributed by atoms with van der Waals surface area (Å²) in [5.74, 6) is 0.750. The Balaban J connectivity index is 0.803. The summed E-state index contributed by atoms with van der Waals surface area (Å²) in [5.41, 5.74) is 0.378. The average Bonchev–Trinajstić information content (AvgIpc) is 4.00. The van der Waals surface area contributed by atoms with E-state index in [9.17, 15) is 66.4 Å². The quantitative estimate of drug-likeness (QED) is 0.0862. The molecule has 4 aliphatic carbocycles. The number of rotatable bonds is 12. The highest BCUT2D eigenvalue weighted by Crippen LogP contribution is 2.70. The van der Waals surface area contributed by atoms with Crippen LogP contribution in [-0.2, 0) is 47.4 Å². The molecule has 3 saturated carbocycles. The Bertz CT molecular complexity index is 1950. The summed E-state index contributed by atoms with van der Waals surface area (Å²) in [4.78, 5) is 0. The maximum atomic E-state index is 12.1. The topological polar surface area (TPSA) is 355 Å². The molecule has 30 atom stereocenters. The molecule has 23 nitrogen and oxygen atoms in total. The van der Waals surface area contributed by atoms with Crippen molar-refractivity contribution >= 4 is 0 Å². The molecule has 0 radical (unpaired) electrons. The van der Waals surface area contributed by atoms with Crippen LogP contribution >= 0.6 is 0 Å². The zero-order valence-electron chi connectivity index (χ0n) is 41.9. The zero-order valence-corrected chi connectivity index (χ0v) is 41.9. The summed E-state index contributed by atoms with van der Waals surface area (Å²) in [7, 11) is 0. The lowest BCUT2D eigenvalue weighted by Crippen LogP contribution is -2.67. The Morgan fingerprint density at radius 1 is 0.575 bits per heavy atom. The molecule has 6 heterocycles. The molecule has 0 aromatic heterocycles. The molecule has 12 unspecified atom stereocenters. The van der Waals surface area contributed by atoms with Gasteiger partial charge in [-0.1, -0.05) is 25.5 Å². The second kappa shape index (κ2) is 20.8. The first-order valence-corrected chi connectivity index (χ1v) is 26.5. The van der Waals surface area contributed by atoms with Gasteiger partial charge < -0.3 is 114 Å². The minimum Gasteiger partial charge on any atom is -0.394 e. The minimum atomic E-state index is -1.85. The summed E-state index contributed by atoms with van der Waals surface area (Å²) in [6.45, 7) is 6.22. The largest absolute Gasteiger partial charge is 0.394 e. The van der Waals surface area contributed by atoms with Gasteiger partial charge in [0.1, 0.15) is 91.6 Å². The lowest BCUT2D eigenvalue weighted by atomic mass is 9.47.